The van der Waals surface area contributed by atoms with E-state index in [1.807, 2.05) is 0 Å². The number of hydrogen-bond donors (Lipinski definition) is 2. The van der Waals surface area contributed by atoms with Gasteiger partial charge in [0.1, 0.15) is 0 Å². The minimum absolute atomic E-state index is 0.105. The SMILES string of the molecule is CCOC(=O)C1=C(COCCS(N)(=O)=O)NC(C)=C(C(=O)OC)C1c1ccccc1Cl. The molecule has 0 radical (unpaired) electrons. The summed E-state index contributed by atoms with van der Waals surface area (Å²) in [5, 5.41) is 8.33. The number of dihydropyridines is 1. The van der Waals surface area contributed by atoms with Crippen molar-refractivity contribution < 1.29 is 32.2 Å². The summed E-state index contributed by atoms with van der Waals surface area (Å²) in [7, 11) is -2.46. The second-order valence-electron chi connectivity index (χ2n) is 6.64. The van der Waals surface area contributed by atoms with Gasteiger partial charge in [-0.2, -0.15) is 0 Å². The van der Waals surface area contributed by atoms with Crippen molar-refractivity contribution in [2.45, 2.75) is 19.8 Å². The average molecular weight is 473 g/mol. The molecule has 1 heterocycles. The number of carbonyl (C=O) groups is 2. The van der Waals surface area contributed by atoms with Crippen molar-refractivity contribution in [3.63, 3.8) is 0 Å². The summed E-state index contributed by atoms with van der Waals surface area (Å²) in [6.07, 6.45) is 0. The number of hydrogen-bond acceptors (Lipinski definition) is 8. The van der Waals surface area contributed by atoms with Crippen molar-refractivity contribution in [3.05, 3.63) is 57.4 Å². The van der Waals surface area contributed by atoms with Crippen LogP contribution in [0.15, 0.2) is 46.8 Å². The number of halogens is 1. The van der Waals surface area contributed by atoms with Crippen molar-refractivity contribution in [2.24, 2.45) is 5.14 Å². The van der Waals surface area contributed by atoms with E-state index in [2.05, 4.69) is 5.32 Å². The van der Waals surface area contributed by atoms with Crippen molar-refractivity contribution in [2.75, 3.05) is 32.7 Å². The highest BCUT2D eigenvalue weighted by molar-refractivity contribution is 7.89. The quantitative estimate of drug-likeness (QED) is 0.408. The highest BCUT2D eigenvalue weighted by atomic mass is 35.5. The van der Waals surface area contributed by atoms with Crippen molar-refractivity contribution in [1.29, 1.82) is 0 Å². The lowest BCUT2D eigenvalue weighted by atomic mass is 9.80. The van der Waals surface area contributed by atoms with Gasteiger partial charge < -0.3 is 19.5 Å². The Morgan fingerprint density at radius 2 is 1.87 bits per heavy atom. The molecule has 0 fully saturated rings. The molecule has 1 unspecified atom stereocenters. The lowest BCUT2D eigenvalue weighted by Gasteiger charge is -2.31. The largest absolute Gasteiger partial charge is 0.466 e. The molecule has 0 saturated heterocycles. The van der Waals surface area contributed by atoms with Crippen LogP contribution >= 0.6 is 11.6 Å². The van der Waals surface area contributed by atoms with Gasteiger partial charge in [-0.15, -0.1) is 0 Å². The molecule has 0 aromatic heterocycles. The minimum atomic E-state index is -3.70. The summed E-state index contributed by atoms with van der Waals surface area (Å²) in [5.74, 6) is -2.56. The Kier molecular flexibility index (Phi) is 8.63. The number of nitrogens with one attached hydrogen (secondary N) is 1. The molecule has 0 bridgehead atoms. The van der Waals surface area contributed by atoms with E-state index in [0.29, 0.717) is 22.0 Å². The van der Waals surface area contributed by atoms with Crippen LogP contribution in [0.25, 0.3) is 0 Å². The fourth-order valence-corrected chi connectivity index (χ4v) is 3.81. The topological polar surface area (TPSA) is 134 Å². The van der Waals surface area contributed by atoms with Crippen LogP contribution in [0, 0.1) is 0 Å². The van der Waals surface area contributed by atoms with E-state index in [9.17, 15) is 18.0 Å². The second-order valence-corrected chi connectivity index (χ2v) is 8.78. The highest BCUT2D eigenvalue weighted by Gasteiger charge is 2.39. The number of nitrogens with two attached hydrogens (primary N) is 1. The van der Waals surface area contributed by atoms with E-state index < -0.39 is 27.9 Å². The van der Waals surface area contributed by atoms with Crippen LogP contribution in [-0.4, -0.2) is 53.0 Å². The summed E-state index contributed by atoms with van der Waals surface area (Å²) in [6, 6.07) is 6.81. The zero-order valence-electron chi connectivity index (χ0n) is 17.4. The molecule has 0 saturated carbocycles. The smallest absolute Gasteiger partial charge is 0.336 e. The summed E-state index contributed by atoms with van der Waals surface area (Å²) in [5.41, 5.74) is 1.59. The Morgan fingerprint density at radius 1 is 1.19 bits per heavy atom. The van der Waals surface area contributed by atoms with Crippen molar-refractivity contribution in [3.8, 4) is 0 Å². The van der Waals surface area contributed by atoms with Crippen molar-refractivity contribution in [1.82, 2.24) is 5.32 Å². The first-order chi connectivity index (χ1) is 14.6. The number of esters is 2. The summed E-state index contributed by atoms with van der Waals surface area (Å²) < 4.78 is 37.9. The lowest BCUT2D eigenvalue weighted by molar-refractivity contribution is -0.139. The lowest BCUT2D eigenvalue weighted by Crippen LogP contribution is -2.35. The van der Waals surface area contributed by atoms with Crippen LogP contribution in [0.1, 0.15) is 25.3 Å². The number of sulfonamides is 1. The molecule has 11 heteroatoms. The highest BCUT2D eigenvalue weighted by Crippen LogP contribution is 2.41. The molecular formula is C20H25ClN2O7S. The Bertz CT molecular complexity index is 1020. The third-order valence-electron chi connectivity index (χ3n) is 4.52. The van der Waals surface area contributed by atoms with Crippen LogP contribution in [-0.2, 0) is 33.8 Å². The predicted octanol–water partition coefficient (Wildman–Crippen LogP) is 1.60. The minimum Gasteiger partial charge on any atom is -0.466 e. The van der Waals surface area contributed by atoms with Gasteiger partial charge in [-0.25, -0.2) is 23.1 Å². The first-order valence-corrected chi connectivity index (χ1v) is 11.5. The van der Waals surface area contributed by atoms with Crippen LogP contribution in [0.3, 0.4) is 0 Å². The number of primary sulfonamides is 1. The molecule has 1 aliphatic rings. The normalized spacial score (nSPS) is 16.7. The van der Waals surface area contributed by atoms with E-state index in [1.165, 1.54) is 7.11 Å². The third kappa shape index (κ3) is 6.30. The van der Waals surface area contributed by atoms with Gasteiger partial charge in [-0.1, -0.05) is 29.8 Å². The van der Waals surface area contributed by atoms with Crippen LogP contribution in [0.5, 0.6) is 0 Å². The zero-order chi connectivity index (χ0) is 23.2. The Morgan fingerprint density at radius 3 is 2.45 bits per heavy atom. The Hall–Kier alpha value is -2.40. The van der Waals surface area contributed by atoms with E-state index >= 15 is 0 Å². The van der Waals surface area contributed by atoms with Gasteiger partial charge in [0.2, 0.25) is 10.0 Å². The number of benzene rings is 1. The second kappa shape index (κ2) is 10.8. The molecule has 170 valence electrons. The summed E-state index contributed by atoms with van der Waals surface area (Å²) in [6.45, 7) is 3.10. The maximum atomic E-state index is 12.9. The molecule has 0 spiro atoms. The third-order valence-corrected chi connectivity index (χ3v) is 5.60. The van der Waals surface area contributed by atoms with E-state index in [1.54, 1.807) is 38.1 Å². The molecule has 3 N–H and O–H groups in total. The maximum absolute atomic E-state index is 12.9. The summed E-state index contributed by atoms with van der Waals surface area (Å²) >= 11 is 6.41. The molecular weight excluding hydrogens is 448 g/mol. The first kappa shape index (κ1) is 24.9. The molecule has 1 atom stereocenters. The van der Waals surface area contributed by atoms with E-state index in [4.69, 9.17) is 31.0 Å². The van der Waals surface area contributed by atoms with Crippen molar-refractivity contribution >= 4 is 33.6 Å². The number of allylic oxidation sites excluding steroid dienone is 1. The molecule has 2 rings (SSSR count). The standard InChI is InChI=1S/C20H25ClN2O7S/c1-4-30-20(25)18-15(11-29-9-10-31(22,26)27)23-12(2)16(19(24)28-3)17(18)13-7-5-6-8-14(13)21/h5-8,17,23H,4,9-11H2,1-3H3,(H2,22,26,27). The van der Waals surface area contributed by atoms with Gasteiger partial charge in [-0.3, -0.25) is 0 Å². The van der Waals surface area contributed by atoms with Gasteiger partial charge >= 0.3 is 11.9 Å². The molecule has 0 amide bonds. The zero-order valence-corrected chi connectivity index (χ0v) is 19.0. The number of carbonyl (C=O) groups excluding carboxylic acids is 2. The molecule has 1 aromatic carbocycles. The number of methoxy groups -OCH3 is 1. The van der Waals surface area contributed by atoms with Gasteiger partial charge in [0.15, 0.2) is 0 Å². The van der Waals surface area contributed by atoms with Gasteiger partial charge in [0.25, 0.3) is 0 Å². The maximum Gasteiger partial charge on any atom is 0.336 e. The summed E-state index contributed by atoms with van der Waals surface area (Å²) in [4.78, 5) is 25.6. The predicted molar refractivity (Wildman–Crippen MR) is 114 cm³/mol. The van der Waals surface area contributed by atoms with Gasteiger partial charge in [0, 0.05) is 10.7 Å². The number of ether oxygens (including phenoxy) is 3. The molecule has 9 nitrogen and oxygen atoms in total. The molecule has 0 aliphatic carbocycles. The number of rotatable bonds is 9. The molecule has 31 heavy (non-hydrogen) atoms. The average Bonchev–Trinajstić information content (AvgIpc) is 2.70. The fourth-order valence-electron chi connectivity index (χ4n) is 3.21. The van der Waals surface area contributed by atoms with E-state index in [0.717, 1.165) is 0 Å². The van der Waals surface area contributed by atoms with Gasteiger partial charge in [-0.05, 0) is 25.5 Å². The van der Waals surface area contributed by atoms with Gasteiger partial charge in [0.05, 0.1) is 55.4 Å². The Balaban J connectivity index is 2.58. The monoisotopic (exact) mass is 472 g/mol. The molecule has 1 aromatic rings. The van der Waals surface area contributed by atoms with E-state index in [-0.39, 0.29) is 36.7 Å². The van der Waals surface area contributed by atoms with Crippen LogP contribution < -0.4 is 10.5 Å². The Labute approximate surface area is 186 Å². The van der Waals surface area contributed by atoms with Crippen LogP contribution in [0.2, 0.25) is 5.02 Å². The first-order valence-electron chi connectivity index (χ1n) is 9.39. The fraction of sp³-hybridized carbons (Fsp3) is 0.400. The van der Waals surface area contributed by atoms with Crippen LogP contribution in [0.4, 0.5) is 0 Å². The molecule has 1 aliphatic heterocycles.